The van der Waals surface area contributed by atoms with Crippen molar-refractivity contribution in [3.8, 4) is 10.6 Å². The highest BCUT2D eigenvalue weighted by molar-refractivity contribution is 9.10. The molecule has 2 nitrogen and oxygen atoms in total. The fourth-order valence-electron chi connectivity index (χ4n) is 1.32. The van der Waals surface area contributed by atoms with E-state index in [1.807, 2.05) is 0 Å². The Labute approximate surface area is 116 Å². The van der Waals surface area contributed by atoms with E-state index in [4.69, 9.17) is 11.6 Å². The van der Waals surface area contributed by atoms with Crippen molar-refractivity contribution in [1.82, 2.24) is 10.2 Å². The Morgan fingerprint density at radius 3 is 2.88 bits per heavy atom. The molecule has 0 fully saturated rings. The third-order valence-corrected chi connectivity index (χ3v) is 4.06. The lowest BCUT2D eigenvalue weighted by molar-refractivity contribution is 0.621. The molecule has 0 amide bonds. The van der Waals surface area contributed by atoms with E-state index in [0.29, 0.717) is 10.4 Å². The molecular formula is C11H9BrClFN2S. The van der Waals surface area contributed by atoms with Crippen molar-refractivity contribution < 1.29 is 4.39 Å². The topological polar surface area (TPSA) is 25.8 Å². The van der Waals surface area contributed by atoms with E-state index in [1.165, 1.54) is 17.4 Å². The van der Waals surface area contributed by atoms with Crippen LogP contribution >= 0.6 is 38.9 Å². The molecule has 0 N–H and O–H groups in total. The van der Waals surface area contributed by atoms with E-state index in [9.17, 15) is 4.39 Å². The van der Waals surface area contributed by atoms with Crippen molar-refractivity contribution in [2.45, 2.75) is 12.8 Å². The second-order valence-electron chi connectivity index (χ2n) is 3.42. The van der Waals surface area contributed by atoms with Crippen LogP contribution in [0.5, 0.6) is 0 Å². The van der Waals surface area contributed by atoms with Crippen molar-refractivity contribution in [2.75, 3.05) is 5.88 Å². The minimum absolute atomic E-state index is 0.277. The Hall–Kier alpha value is -0.520. The van der Waals surface area contributed by atoms with Gasteiger partial charge in [-0.15, -0.1) is 21.8 Å². The van der Waals surface area contributed by atoms with Crippen molar-refractivity contribution in [3.63, 3.8) is 0 Å². The fraction of sp³-hybridized carbons (Fsp3) is 0.273. The smallest absolute Gasteiger partial charge is 0.147 e. The molecule has 0 aliphatic rings. The number of hydrogen-bond acceptors (Lipinski definition) is 3. The summed E-state index contributed by atoms with van der Waals surface area (Å²) in [6.45, 7) is 0. The maximum Gasteiger partial charge on any atom is 0.147 e. The molecule has 0 bridgehead atoms. The number of halogens is 3. The summed E-state index contributed by atoms with van der Waals surface area (Å²) < 4.78 is 13.5. The van der Waals surface area contributed by atoms with E-state index in [0.717, 1.165) is 28.4 Å². The van der Waals surface area contributed by atoms with Gasteiger partial charge >= 0.3 is 0 Å². The summed E-state index contributed by atoms with van der Waals surface area (Å²) in [5.41, 5.74) is 0.868. The molecule has 1 heterocycles. The van der Waals surface area contributed by atoms with Crippen LogP contribution in [0.15, 0.2) is 22.7 Å². The van der Waals surface area contributed by atoms with Gasteiger partial charge in [-0.05, 0) is 40.5 Å². The van der Waals surface area contributed by atoms with Crippen LogP contribution in [0.2, 0.25) is 0 Å². The zero-order valence-corrected chi connectivity index (χ0v) is 11.9. The molecule has 0 saturated carbocycles. The van der Waals surface area contributed by atoms with Gasteiger partial charge in [0.1, 0.15) is 15.8 Å². The van der Waals surface area contributed by atoms with Crippen LogP contribution in [0.25, 0.3) is 10.6 Å². The van der Waals surface area contributed by atoms with Gasteiger partial charge < -0.3 is 0 Å². The Morgan fingerprint density at radius 1 is 1.35 bits per heavy atom. The molecule has 0 spiro atoms. The van der Waals surface area contributed by atoms with Gasteiger partial charge in [-0.2, -0.15) is 0 Å². The lowest BCUT2D eigenvalue weighted by Crippen LogP contribution is -1.84. The quantitative estimate of drug-likeness (QED) is 0.779. The maximum atomic E-state index is 13.1. The number of rotatable bonds is 4. The molecule has 2 rings (SSSR count). The summed E-state index contributed by atoms with van der Waals surface area (Å²) in [7, 11) is 0. The Balaban J connectivity index is 2.21. The Bertz CT molecular complexity index is 518. The SMILES string of the molecule is Fc1ccc(-c2nnc(CCCCl)s2)cc1Br. The first-order valence-corrected chi connectivity index (χ1v) is 7.19. The highest BCUT2D eigenvalue weighted by Crippen LogP contribution is 2.27. The van der Waals surface area contributed by atoms with Gasteiger partial charge in [0.25, 0.3) is 0 Å². The zero-order valence-electron chi connectivity index (χ0n) is 8.79. The molecule has 0 aliphatic carbocycles. The minimum Gasteiger partial charge on any atom is -0.206 e. The third-order valence-electron chi connectivity index (χ3n) is 2.16. The first-order valence-electron chi connectivity index (χ1n) is 5.04. The standard InChI is InChI=1S/C11H9BrClFN2S/c12-8-6-7(3-4-9(8)14)11-16-15-10(17-11)2-1-5-13/h3-4,6H,1-2,5H2. The van der Waals surface area contributed by atoms with Gasteiger partial charge in [0, 0.05) is 17.9 Å². The molecule has 1 aromatic carbocycles. The average Bonchev–Trinajstić information content (AvgIpc) is 2.79. The predicted octanol–water partition coefficient (Wildman–Crippen LogP) is 4.28. The minimum atomic E-state index is -0.277. The van der Waals surface area contributed by atoms with Crippen LogP contribution in [0.1, 0.15) is 11.4 Å². The van der Waals surface area contributed by atoms with E-state index >= 15 is 0 Å². The molecular weight excluding hydrogens is 327 g/mol. The highest BCUT2D eigenvalue weighted by atomic mass is 79.9. The molecule has 0 atom stereocenters. The second-order valence-corrected chi connectivity index (χ2v) is 5.72. The first kappa shape index (κ1) is 12.9. The monoisotopic (exact) mass is 334 g/mol. The molecule has 0 saturated heterocycles. The molecule has 6 heteroatoms. The van der Waals surface area contributed by atoms with Crippen LogP contribution in [-0.2, 0) is 6.42 Å². The van der Waals surface area contributed by atoms with E-state index in [-0.39, 0.29) is 5.82 Å². The van der Waals surface area contributed by atoms with E-state index in [1.54, 1.807) is 12.1 Å². The second kappa shape index (κ2) is 5.89. The van der Waals surface area contributed by atoms with Crippen LogP contribution in [-0.4, -0.2) is 16.1 Å². The molecule has 0 aliphatic heterocycles. The summed E-state index contributed by atoms with van der Waals surface area (Å²) in [6, 6.07) is 4.83. The van der Waals surface area contributed by atoms with Gasteiger partial charge in [-0.25, -0.2) is 4.39 Å². The number of nitrogens with zero attached hydrogens (tertiary/aromatic N) is 2. The predicted molar refractivity (Wildman–Crippen MR) is 72.0 cm³/mol. The molecule has 17 heavy (non-hydrogen) atoms. The highest BCUT2D eigenvalue weighted by Gasteiger charge is 2.08. The van der Waals surface area contributed by atoms with Crippen molar-refractivity contribution in [1.29, 1.82) is 0 Å². The number of benzene rings is 1. The van der Waals surface area contributed by atoms with Gasteiger partial charge in [0.15, 0.2) is 0 Å². The van der Waals surface area contributed by atoms with Crippen LogP contribution in [0, 0.1) is 5.82 Å². The van der Waals surface area contributed by atoms with Crippen molar-refractivity contribution in [3.05, 3.63) is 33.5 Å². The number of alkyl halides is 1. The van der Waals surface area contributed by atoms with Gasteiger partial charge in [-0.3, -0.25) is 0 Å². The lowest BCUT2D eigenvalue weighted by atomic mass is 10.2. The van der Waals surface area contributed by atoms with Gasteiger partial charge in [0.05, 0.1) is 4.47 Å². The molecule has 0 radical (unpaired) electrons. The number of aryl methyl sites for hydroxylation is 1. The van der Waals surface area contributed by atoms with E-state index < -0.39 is 0 Å². The third kappa shape index (κ3) is 3.24. The first-order chi connectivity index (χ1) is 8.20. The molecule has 2 aromatic rings. The maximum absolute atomic E-state index is 13.1. The summed E-state index contributed by atoms with van der Waals surface area (Å²) in [4.78, 5) is 0. The summed E-state index contributed by atoms with van der Waals surface area (Å²) in [5.74, 6) is 0.345. The fourth-order valence-corrected chi connectivity index (χ4v) is 2.71. The normalized spacial score (nSPS) is 10.8. The summed E-state index contributed by atoms with van der Waals surface area (Å²) >= 11 is 10.3. The Kier molecular flexibility index (Phi) is 4.48. The molecule has 0 unspecified atom stereocenters. The van der Waals surface area contributed by atoms with E-state index in [2.05, 4.69) is 26.1 Å². The van der Waals surface area contributed by atoms with Crippen molar-refractivity contribution in [2.24, 2.45) is 0 Å². The van der Waals surface area contributed by atoms with Crippen LogP contribution in [0.4, 0.5) is 4.39 Å². The van der Waals surface area contributed by atoms with Crippen LogP contribution < -0.4 is 0 Å². The van der Waals surface area contributed by atoms with Gasteiger partial charge in [-0.1, -0.05) is 11.3 Å². The number of aromatic nitrogens is 2. The lowest BCUT2D eigenvalue weighted by Gasteiger charge is -1.97. The van der Waals surface area contributed by atoms with Gasteiger partial charge in [0.2, 0.25) is 0 Å². The zero-order chi connectivity index (χ0) is 12.3. The van der Waals surface area contributed by atoms with Crippen molar-refractivity contribution >= 4 is 38.9 Å². The number of hydrogen-bond donors (Lipinski definition) is 0. The Morgan fingerprint density at radius 2 is 2.18 bits per heavy atom. The average molecular weight is 336 g/mol. The summed E-state index contributed by atoms with van der Waals surface area (Å²) in [5, 5.41) is 9.94. The largest absolute Gasteiger partial charge is 0.206 e. The van der Waals surface area contributed by atoms with Crippen LogP contribution in [0.3, 0.4) is 0 Å². The summed E-state index contributed by atoms with van der Waals surface area (Å²) in [6.07, 6.45) is 1.73. The molecule has 90 valence electrons. The molecule has 1 aromatic heterocycles.